The number of nitrogens with one attached hydrogen (secondary N) is 1. The molecule has 0 fully saturated rings. The highest BCUT2D eigenvalue weighted by Gasteiger charge is 2.30. The number of carbonyl (C=O) groups is 1. The van der Waals surface area contributed by atoms with E-state index in [9.17, 15) is 33.3 Å². The molecule has 0 atom stereocenters. The van der Waals surface area contributed by atoms with Gasteiger partial charge in [-0.15, -0.1) is 0 Å². The van der Waals surface area contributed by atoms with Gasteiger partial charge >= 0.3 is 6.18 Å². The predicted octanol–water partition coefficient (Wildman–Crippen LogP) is 5.75. The fourth-order valence-corrected chi connectivity index (χ4v) is 3.12. The third kappa shape index (κ3) is 6.38. The van der Waals surface area contributed by atoms with Gasteiger partial charge in [-0.25, -0.2) is 0 Å². The van der Waals surface area contributed by atoms with Crippen molar-refractivity contribution in [3.63, 3.8) is 0 Å². The third-order valence-electron chi connectivity index (χ3n) is 4.86. The summed E-state index contributed by atoms with van der Waals surface area (Å²) in [5.41, 5.74) is -1.57. The first kappa shape index (κ1) is 25.8. The average Bonchev–Trinajstić information content (AvgIpc) is 2.86. The second-order valence-corrected chi connectivity index (χ2v) is 7.30. The van der Waals surface area contributed by atoms with Crippen molar-refractivity contribution in [2.75, 3.05) is 12.4 Å². The van der Waals surface area contributed by atoms with Gasteiger partial charge in [0.1, 0.15) is 18.2 Å². The number of benzene rings is 3. The number of methoxy groups -OCH3 is 1. The minimum Gasteiger partial charge on any atom is -0.493 e. The maximum absolute atomic E-state index is 12.9. The number of amides is 1. The van der Waals surface area contributed by atoms with Gasteiger partial charge in [0.2, 0.25) is 0 Å². The fourth-order valence-electron chi connectivity index (χ4n) is 3.12. The summed E-state index contributed by atoms with van der Waals surface area (Å²) in [6.07, 6.45) is -3.68. The maximum Gasteiger partial charge on any atom is 0.416 e. The summed E-state index contributed by atoms with van der Waals surface area (Å²) in [6, 6.07) is 16.8. The number of anilines is 1. The van der Waals surface area contributed by atoms with Crippen molar-refractivity contribution in [1.82, 2.24) is 0 Å². The number of nitriles is 1. The minimum atomic E-state index is -4.63. The molecule has 0 saturated heterocycles. The van der Waals surface area contributed by atoms with Crippen LogP contribution in [0.25, 0.3) is 6.08 Å². The van der Waals surface area contributed by atoms with E-state index < -0.39 is 33.8 Å². The Kier molecular flexibility index (Phi) is 7.91. The highest BCUT2D eigenvalue weighted by molar-refractivity contribution is 6.10. The lowest BCUT2D eigenvalue weighted by atomic mass is 10.1. The topological polar surface area (TPSA) is 114 Å². The van der Waals surface area contributed by atoms with Crippen LogP contribution in [0.2, 0.25) is 0 Å². The van der Waals surface area contributed by atoms with E-state index in [0.29, 0.717) is 6.07 Å². The van der Waals surface area contributed by atoms with Crippen LogP contribution >= 0.6 is 0 Å². The molecule has 3 aromatic rings. The van der Waals surface area contributed by atoms with Crippen molar-refractivity contribution >= 4 is 23.4 Å². The molecule has 0 aliphatic heterocycles. The lowest BCUT2D eigenvalue weighted by molar-refractivity contribution is -0.385. The van der Waals surface area contributed by atoms with E-state index in [2.05, 4.69) is 5.32 Å². The van der Waals surface area contributed by atoms with E-state index in [1.807, 2.05) is 6.07 Å². The van der Waals surface area contributed by atoms with Crippen molar-refractivity contribution < 1.29 is 32.4 Å². The van der Waals surface area contributed by atoms with Crippen LogP contribution in [0.1, 0.15) is 16.7 Å². The molecule has 0 spiro atoms. The molecule has 8 nitrogen and oxygen atoms in total. The number of hydrogen-bond acceptors (Lipinski definition) is 6. The van der Waals surface area contributed by atoms with E-state index in [1.54, 1.807) is 30.3 Å². The molecule has 1 N–H and O–H groups in total. The minimum absolute atomic E-state index is 0.0668. The van der Waals surface area contributed by atoms with Crippen molar-refractivity contribution in [1.29, 1.82) is 5.26 Å². The molecule has 3 aromatic carbocycles. The number of nitro groups is 1. The number of hydrogen-bond donors (Lipinski definition) is 1. The molecule has 184 valence electrons. The van der Waals surface area contributed by atoms with E-state index >= 15 is 0 Å². The molecule has 0 aromatic heterocycles. The van der Waals surface area contributed by atoms with Crippen molar-refractivity contribution in [2.45, 2.75) is 12.8 Å². The summed E-state index contributed by atoms with van der Waals surface area (Å²) in [5, 5.41) is 23.4. The Morgan fingerprint density at radius 2 is 1.83 bits per heavy atom. The number of nitrogens with zero attached hydrogens (tertiary/aromatic N) is 2. The van der Waals surface area contributed by atoms with E-state index in [-0.39, 0.29) is 29.4 Å². The molecule has 0 saturated carbocycles. The SMILES string of the molecule is COc1cc(/C=C(/C#N)C(=O)Nc2cccc(C(F)(F)F)c2)c([N+](=O)[O-])cc1OCc1ccccc1. The lowest BCUT2D eigenvalue weighted by Crippen LogP contribution is -2.14. The van der Waals surface area contributed by atoms with Crippen molar-refractivity contribution in [3.8, 4) is 17.6 Å². The standard InChI is InChI=1S/C25H18F3N3O5/c1-35-22-11-17(21(31(33)34)13-23(22)36-15-16-6-3-2-4-7-16)10-18(14-29)24(32)30-20-9-5-8-19(12-20)25(26,27)28/h2-13H,15H2,1H3,(H,30,32)/b18-10-. The number of ether oxygens (including phenoxy) is 2. The molecule has 0 bridgehead atoms. The second kappa shape index (κ2) is 11.1. The van der Waals surface area contributed by atoms with Gasteiger partial charge in [0.25, 0.3) is 11.6 Å². The number of alkyl halides is 3. The highest BCUT2D eigenvalue weighted by Crippen LogP contribution is 2.36. The number of rotatable bonds is 8. The van der Waals surface area contributed by atoms with Crippen molar-refractivity contribution in [2.24, 2.45) is 0 Å². The molecular weight excluding hydrogens is 479 g/mol. The van der Waals surface area contributed by atoms with Crippen LogP contribution in [-0.2, 0) is 17.6 Å². The first-order valence-electron chi connectivity index (χ1n) is 10.3. The first-order chi connectivity index (χ1) is 17.1. The van der Waals surface area contributed by atoms with Crippen LogP contribution in [0.3, 0.4) is 0 Å². The number of nitro benzene ring substituents is 1. The van der Waals surface area contributed by atoms with Crippen molar-refractivity contribution in [3.05, 3.63) is 99.1 Å². The molecule has 1 amide bonds. The normalized spacial score (nSPS) is 11.4. The van der Waals surface area contributed by atoms with Gasteiger partial charge in [-0.2, -0.15) is 18.4 Å². The molecule has 0 aliphatic carbocycles. The summed E-state index contributed by atoms with van der Waals surface area (Å²) >= 11 is 0. The largest absolute Gasteiger partial charge is 0.493 e. The zero-order valence-electron chi connectivity index (χ0n) is 18.7. The summed E-state index contributed by atoms with van der Waals surface area (Å²) in [7, 11) is 1.32. The molecule has 0 unspecified atom stereocenters. The van der Waals surface area contributed by atoms with Crippen LogP contribution in [0.4, 0.5) is 24.5 Å². The zero-order chi connectivity index (χ0) is 26.3. The van der Waals surface area contributed by atoms with Crippen LogP contribution in [-0.4, -0.2) is 17.9 Å². The molecule has 0 aliphatic rings. The van der Waals surface area contributed by atoms with Crippen LogP contribution in [0.5, 0.6) is 11.5 Å². The summed E-state index contributed by atoms with van der Waals surface area (Å²) in [4.78, 5) is 23.5. The molecular formula is C25H18F3N3O5. The van der Waals surface area contributed by atoms with Gasteiger partial charge in [0.05, 0.1) is 29.2 Å². The first-order valence-corrected chi connectivity index (χ1v) is 10.3. The van der Waals surface area contributed by atoms with Gasteiger partial charge < -0.3 is 14.8 Å². The number of carbonyl (C=O) groups excluding carboxylic acids is 1. The Morgan fingerprint density at radius 1 is 1.11 bits per heavy atom. The van der Waals surface area contributed by atoms with Gasteiger partial charge in [0, 0.05) is 5.69 Å². The second-order valence-electron chi connectivity index (χ2n) is 7.30. The third-order valence-corrected chi connectivity index (χ3v) is 4.86. The van der Waals surface area contributed by atoms with Gasteiger partial charge in [0.15, 0.2) is 11.5 Å². The summed E-state index contributed by atoms with van der Waals surface area (Å²) in [5.74, 6) is -0.870. The van der Waals surface area contributed by atoms with Crippen LogP contribution < -0.4 is 14.8 Å². The fraction of sp³-hybridized carbons (Fsp3) is 0.120. The quantitative estimate of drug-likeness (QED) is 0.184. The van der Waals surface area contributed by atoms with Gasteiger partial charge in [-0.3, -0.25) is 14.9 Å². The predicted molar refractivity (Wildman–Crippen MR) is 124 cm³/mol. The van der Waals surface area contributed by atoms with E-state index in [1.165, 1.54) is 19.2 Å². The Bertz CT molecular complexity index is 1350. The Balaban J connectivity index is 1.92. The molecule has 0 heterocycles. The zero-order valence-corrected chi connectivity index (χ0v) is 18.7. The molecule has 0 radical (unpaired) electrons. The lowest BCUT2D eigenvalue weighted by Gasteiger charge is -2.12. The van der Waals surface area contributed by atoms with E-state index in [4.69, 9.17) is 9.47 Å². The van der Waals surface area contributed by atoms with Crippen LogP contribution in [0.15, 0.2) is 72.3 Å². The van der Waals surface area contributed by atoms with Gasteiger partial charge in [-0.05, 0) is 35.9 Å². The Labute approximate surface area is 203 Å². The van der Waals surface area contributed by atoms with Gasteiger partial charge in [-0.1, -0.05) is 36.4 Å². The average molecular weight is 497 g/mol. The Morgan fingerprint density at radius 3 is 2.44 bits per heavy atom. The number of halogens is 3. The highest BCUT2D eigenvalue weighted by atomic mass is 19.4. The monoisotopic (exact) mass is 497 g/mol. The maximum atomic E-state index is 12.9. The molecule has 36 heavy (non-hydrogen) atoms. The summed E-state index contributed by atoms with van der Waals surface area (Å²) < 4.78 is 49.7. The smallest absolute Gasteiger partial charge is 0.416 e. The molecule has 11 heteroatoms. The molecule has 3 rings (SSSR count). The van der Waals surface area contributed by atoms with Crippen LogP contribution in [0, 0.1) is 21.4 Å². The van der Waals surface area contributed by atoms with E-state index in [0.717, 1.165) is 29.8 Å². The summed E-state index contributed by atoms with van der Waals surface area (Å²) in [6.45, 7) is 0.104. The Hall–Kier alpha value is -4.85.